The summed E-state index contributed by atoms with van der Waals surface area (Å²) in [5.74, 6) is -1.05. The molecule has 2 aromatic rings. The number of benzene rings is 1. The number of hydrogen-bond donors (Lipinski definition) is 2. The summed E-state index contributed by atoms with van der Waals surface area (Å²) >= 11 is 0. The third-order valence-electron chi connectivity index (χ3n) is 5.74. The second-order valence-electron chi connectivity index (χ2n) is 9.69. The van der Waals surface area contributed by atoms with E-state index in [9.17, 15) is 18.7 Å². The first-order valence-electron chi connectivity index (χ1n) is 11.3. The molecule has 1 aromatic heterocycles. The maximum absolute atomic E-state index is 14.6. The average Bonchev–Trinajstić information content (AvgIpc) is 3.20. The lowest BCUT2D eigenvalue weighted by molar-refractivity contribution is -0.0292. The van der Waals surface area contributed by atoms with Crippen LogP contribution in [0.15, 0.2) is 30.6 Å². The van der Waals surface area contributed by atoms with Gasteiger partial charge in [-0.25, -0.2) is 18.3 Å². The molecule has 10 heteroatoms. The van der Waals surface area contributed by atoms with E-state index in [0.29, 0.717) is 12.5 Å². The number of nitrogens with zero attached hydrogens (tertiary/aromatic N) is 4. The van der Waals surface area contributed by atoms with E-state index in [-0.39, 0.29) is 18.7 Å². The van der Waals surface area contributed by atoms with Crippen LogP contribution in [0.4, 0.5) is 13.6 Å². The predicted octanol–water partition coefficient (Wildman–Crippen LogP) is 3.07. The third kappa shape index (κ3) is 7.46. The van der Waals surface area contributed by atoms with Crippen LogP contribution in [0.1, 0.15) is 45.6 Å². The van der Waals surface area contributed by atoms with Crippen molar-refractivity contribution >= 4 is 6.09 Å². The summed E-state index contributed by atoms with van der Waals surface area (Å²) in [6, 6.07) is 3.22. The Labute approximate surface area is 192 Å². The lowest BCUT2D eigenvalue weighted by atomic mass is 9.89. The van der Waals surface area contributed by atoms with Gasteiger partial charge in [0.2, 0.25) is 0 Å². The minimum Gasteiger partial charge on any atom is -0.444 e. The van der Waals surface area contributed by atoms with Gasteiger partial charge in [-0.05, 0) is 65.1 Å². The number of nitrogens with one attached hydrogen (secondary N) is 1. The van der Waals surface area contributed by atoms with Gasteiger partial charge in [0.25, 0.3) is 0 Å². The molecule has 1 aromatic carbocycles. The van der Waals surface area contributed by atoms with E-state index in [1.54, 1.807) is 6.20 Å². The monoisotopic (exact) mass is 465 g/mol. The van der Waals surface area contributed by atoms with E-state index in [1.165, 1.54) is 16.9 Å². The Kier molecular flexibility index (Phi) is 8.01. The van der Waals surface area contributed by atoms with E-state index in [2.05, 4.69) is 20.5 Å². The number of hydrogen-bond acceptors (Lipinski definition) is 6. The van der Waals surface area contributed by atoms with Gasteiger partial charge in [0.05, 0.1) is 12.7 Å². The number of aliphatic hydroxyl groups is 1. The summed E-state index contributed by atoms with van der Waals surface area (Å²) in [6.45, 7) is 7.63. The Morgan fingerprint density at radius 3 is 2.58 bits per heavy atom. The molecule has 182 valence electrons. The van der Waals surface area contributed by atoms with Crippen molar-refractivity contribution in [2.24, 2.45) is 5.92 Å². The fraction of sp³-hybridized carbons (Fsp3) is 0.609. The number of halogens is 2. The van der Waals surface area contributed by atoms with Crippen LogP contribution in [0, 0.1) is 17.6 Å². The van der Waals surface area contributed by atoms with Crippen molar-refractivity contribution in [3.63, 3.8) is 0 Å². The SMILES string of the molecule is CC(C)(C)OC(=O)NCCC1CCN(CC(O)(Cn2ccnn2)c2ccc(F)cc2F)CC1. The second-order valence-corrected chi connectivity index (χ2v) is 9.69. The van der Waals surface area contributed by atoms with Gasteiger partial charge in [-0.15, -0.1) is 5.10 Å². The van der Waals surface area contributed by atoms with Gasteiger partial charge in [0, 0.05) is 30.9 Å². The number of ether oxygens (including phenoxy) is 1. The number of likely N-dealkylation sites (tertiary alicyclic amines) is 1. The quantitative estimate of drug-likeness (QED) is 0.623. The summed E-state index contributed by atoms with van der Waals surface area (Å²) in [5.41, 5.74) is -2.10. The predicted molar refractivity (Wildman–Crippen MR) is 118 cm³/mol. The van der Waals surface area contributed by atoms with Gasteiger partial charge in [-0.1, -0.05) is 11.3 Å². The molecule has 0 aliphatic carbocycles. The molecule has 2 heterocycles. The molecule has 0 saturated carbocycles. The lowest BCUT2D eigenvalue weighted by Gasteiger charge is -2.38. The van der Waals surface area contributed by atoms with Crippen LogP contribution in [0.25, 0.3) is 0 Å². The molecule has 1 unspecified atom stereocenters. The minimum absolute atomic E-state index is 0.00467. The average molecular weight is 466 g/mol. The Morgan fingerprint density at radius 1 is 1.24 bits per heavy atom. The topological polar surface area (TPSA) is 92.5 Å². The van der Waals surface area contributed by atoms with Crippen molar-refractivity contribution in [3.05, 3.63) is 47.8 Å². The normalized spacial score (nSPS) is 17.5. The van der Waals surface area contributed by atoms with Crippen LogP contribution in [0.2, 0.25) is 0 Å². The largest absolute Gasteiger partial charge is 0.444 e. The smallest absolute Gasteiger partial charge is 0.407 e. The van der Waals surface area contributed by atoms with Crippen LogP contribution >= 0.6 is 0 Å². The molecular formula is C23H33F2N5O3. The molecule has 2 N–H and O–H groups in total. The standard InChI is InChI=1S/C23H33F2N5O3/c1-22(2,3)33-21(31)26-9-6-17-7-11-29(12-8-17)15-23(32,16-30-13-10-27-28-30)19-5-4-18(24)14-20(19)25/h4-5,10,13-14,17,32H,6-9,11-12,15-16H2,1-3H3,(H,26,31). The molecule has 1 atom stereocenters. The number of alkyl carbamates (subject to hydrolysis) is 1. The molecule has 3 rings (SSSR count). The van der Waals surface area contributed by atoms with Crippen molar-refractivity contribution in [2.45, 2.75) is 57.8 Å². The molecule has 0 radical (unpaired) electrons. The van der Waals surface area contributed by atoms with E-state index < -0.39 is 28.9 Å². The number of amides is 1. The highest BCUT2D eigenvalue weighted by atomic mass is 19.1. The highest BCUT2D eigenvalue weighted by Crippen LogP contribution is 2.30. The third-order valence-corrected chi connectivity index (χ3v) is 5.74. The summed E-state index contributed by atoms with van der Waals surface area (Å²) in [4.78, 5) is 13.9. The van der Waals surface area contributed by atoms with Crippen LogP contribution in [-0.4, -0.2) is 62.9 Å². The molecule has 0 spiro atoms. The van der Waals surface area contributed by atoms with Gasteiger partial charge in [-0.2, -0.15) is 0 Å². The number of β-amino-alcohol motifs (C(OH)–C–C–N with tert-alkyl or cyclic N) is 1. The number of piperidine rings is 1. The maximum Gasteiger partial charge on any atom is 0.407 e. The number of carbonyl (C=O) groups is 1. The van der Waals surface area contributed by atoms with Crippen molar-refractivity contribution in [1.82, 2.24) is 25.2 Å². The first-order valence-corrected chi connectivity index (χ1v) is 11.3. The molecule has 1 amide bonds. The lowest BCUT2D eigenvalue weighted by Crippen LogP contribution is -2.47. The first-order chi connectivity index (χ1) is 15.5. The van der Waals surface area contributed by atoms with E-state index in [0.717, 1.165) is 44.5 Å². The van der Waals surface area contributed by atoms with E-state index in [1.807, 2.05) is 20.8 Å². The highest BCUT2D eigenvalue weighted by Gasteiger charge is 2.36. The van der Waals surface area contributed by atoms with Gasteiger partial charge in [0.1, 0.15) is 22.8 Å². The zero-order valence-corrected chi connectivity index (χ0v) is 19.4. The van der Waals surface area contributed by atoms with Crippen LogP contribution < -0.4 is 5.32 Å². The van der Waals surface area contributed by atoms with Crippen molar-refractivity contribution < 1.29 is 23.4 Å². The summed E-state index contributed by atoms with van der Waals surface area (Å²) in [7, 11) is 0. The molecular weight excluding hydrogens is 432 g/mol. The molecule has 1 fully saturated rings. The molecule has 1 saturated heterocycles. The Balaban J connectivity index is 1.56. The zero-order chi connectivity index (χ0) is 24.1. The minimum atomic E-state index is -1.60. The van der Waals surface area contributed by atoms with E-state index in [4.69, 9.17) is 4.74 Å². The zero-order valence-electron chi connectivity index (χ0n) is 19.4. The maximum atomic E-state index is 14.6. The Bertz CT molecular complexity index is 911. The second kappa shape index (κ2) is 10.6. The summed E-state index contributed by atoms with van der Waals surface area (Å²) in [5, 5.41) is 21.9. The van der Waals surface area contributed by atoms with Gasteiger partial charge >= 0.3 is 6.09 Å². The van der Waals surface area contributed by atoms with Crippen LogP contribution in [0.3, 0.4) is 0 Å². The summed E-state index contributed by atoms with van der Waals surface area (Å²) < 4.78 is 34.7. The summed E-state index contributed by atoms with van der Waals surface area (Å²) in [6.07, 6.45) is 5.28. The number of rotatable bonds is 8. The fourth-order valence-corrected chi connectivity index (χ4v) is 4.17. The molecule has 33 heavy (non-hydrogen) atoms. The fourth-order valence-electron chi connectivity index (χ4n) is 4.17. The molecule has 0 bridgehead atoms. The van der Waals surface area contributed by atoms with Crippen molar-refractivity contribution in [1.29, 1.82) is 0 Å². The molecule has 1 aliphatic rings. The first kappa shape index (κ1) is 25.0. The van der Waals surface area contributed by atoms with Crippen LogP contribution in [0.5, 0.6) is 0 Å². The van der Waals surface area contributed by atoms with Crippen molar-refractivity contribution in [3.8, 4) is 0 Å². The van der Waals surface area contributed by atoms with Gasteiger partial charge < -0.3 is 20.1 Å². The molecule has 8 nitrogen and oxygen atoms in total. The number of aromatic nitrogens is 3. The Hall–Kier alpha value is -2.59. The van der Waals surface area contributed by atoms with Gasteiger partial charge in [0.15, 0.2) is 0 Å². The number of carbonyl (C=O) groups excluding carboxylic acids is 1. The highest BCUT2D eigenvalue weighted by molar-refractivity contribution is 5.67. The van der Waals surface area contributed by atoms with E-state index >= 15 is 0 Å². The Morgan fingerprint density at radius 2 is 1.97 bits per heavy atom. The van der Waals surface area contributed by atoms with Crippen LogP contribution in [-0.2, 0) is 16.9 Å². The molecule has 1 aliphatic heterocycles. The van der Waals surface area contributed by atoms with Crippen molar-refractivity contribution in [2.75, 3.05) is 26.2 Å². The van der Waals surface area contributed by atoms with Gasteiger partial charge in [-0.3, -0.25) is 0 Å².